The predicted octanol–water partition coefficient (Wildman–Crippen LogP) is 2.73. The highest BCUT2D eigenvalue weighted by Crippen LogP contribution is 2.47. The molecule has 0 bridgehead atoms. The van der Waals surface area contributed by atoms with Crippen LogP contribution in [0.4, 0.5) is 5.69 Å². The zero-order valence-electron chi connectivity index (χ0n) is 10.2. The smallest absolute Gasteiger partial charge is 0.311 e. The highest BCUT2D eigenvalue weighted by atomic mass is 16.4. The van der Waals surface area contributed by atoms with Gasteiger partial charge in [-0.1, -0.05) is 12.1 Å². The molecule has 3 rings (SSSR count). The molecule has 0 aliphatic heterocycles. The van der Waals surface area contributed by atoms with Gasteiger partial charge in [0.15, 0.2) is 0 Å². The largest absolute Gasteiger partial charge is 0.481 e. The van der Waals surface area contributed by atoms with E-state index >= 15 is 0 Å². The molecule has 2 aromatic rings. The fourth-order valence-corrected chi connectivity index (χ4v) is 2.39. The van der Waals surface area contributed by atoms with Crippen molar-refractivity contribution >= 4 is 22.6 Å². The molecule has 1 saturated carbocycles. The average Bonchev–Trinajstić information content (AvgIpc) is 3.01. The van der Waals surface area contributed by atoms with Crippen LogP contribution in [0.3, 0.4) is 0 Å². The average molecular weight is 245 g/mol. The normalized spacial score (nSPS) is 16.7. The second-order valence-electron chi connectivity index (χ2n) is 5.06. The van der Waals surface area contributed by atoms with Crippen molar-refractivity contribution in [1.82, 2.24) is 0 Å². The van der Waals surface area contributed by atoms with Crippen LogP contribution in [-0.4, -0.2) is 24.7 Å². The first-order valence-electron chi connectivity index (χ1n) is 6.03. The molecule has 0 saturated heterocycles. The van der Waals surface area contributed by atoms with Crippen molar-refractivity contribution in [3.63, 3.8) is 0 Å². The minimum atomic E-state index is -0.692. The van der Waals surface area contributed by atoms with Crippen LogP contribution in [0.2, 0.25) is 0 Å². The lowest BCUT2D eigenvalue weighted by molar-refractivity contribution is -0.142. The molecule has 1 heterocycles. The van der Waals surface area contributed by atoms with Gasteiger partial charge in [-0.15, -0.1) is 0 Å². The van der Waals surface area contributed by atoms with Gasteiger partial charge in [0, 0.05) is 19.0 Å². The predicted molar refractivity (Wildman–Crippen MR) is 68.8 cm³/mol. The van der Waals surface area contributed by atoms with E-state index in [4.69, 9.17) is 4.42 Å². The monoisotopic (exact) mass is 245 g/mol. The molecular weight excluding hydrogens is 230 g/mol. The van der Waals surface area contributed by atoms with E-state index in [9.17, 15) is 9.90 Å². The van der Waals surface area contributed by atoms with E-state index in [2.05, 4.69) is 0 Å². The van der Waals surface area contributed by atoms with Gasteiger partial charge in [0.25, 0.3) is 0 Å². The molecule has 0 unspecified atom stereocenters. The van der Waals surface area contributed by atoms with E-state index in [-0.39, 0.29) is 0 Å². The Hall–Kier alpha value is -1.97. The van der Waals surface area contributed by atoms with Crippen LogP contribution in [0.25, 0.3) is 11.0 Å². The van der Waals surface area contributed by atoms with E-state index < -0.39 is 11.4 Å². The molecule has 0 radical (unpaired) electrons. The summed E-state index contributed by atoms with van der Waals surface area (Å²) in [5.41, 5.74) is 1.24. The number of carboxylic acids is 1. The fraction of sp³-hybridized carbons (Fsp3) is 0.357. The molecule has 18 heavy (non-hydrogen) atoms. The number of anilines is 1. The van der Waals surface area contributed by atoms with Crippen LogP contribution >= 0.6 is 0 Å². The lowest BCUT2D eigenvalue weighted by Gasteiger charge is -2.21. The lowest BCUT2D eigenvalue weighted by atomic mass is 10.1. The lowest BCUT2D eigenvalue weighted by Crippen LogP contribution is -2.31. The summed E-state index contributed by atoms with van der Waals surface area (Å²) in [6.07, 6.45) is 3.23. The van der Waals surface area contributed by atoms with Crippen LogP contribution in [0.5, 0.6) is 0 Å². The van der Waals surface area contributed by atoms with E-state index in [1.54, 1.807) is 6.26 Å². The Kier molecular flexibility index (Phi) is 2.33. The molecule has 1 aromatic carbocycles. The first-order chi connectivity index (χ1) is 8.62. The third-order valence-corrected chi connectivity index (χ3v) is 3.72. The van der Waals surface area contributed by atoms with Crippen LogP contribution in [0, 0.1) is 5.41 Å². The molecule has 94 valence electrons. The molecule has 0 amide bonds. The zero-order valence-corrected chi connectivity index (χ0v) is 10.2. The van der Waals surface area contributed by atoms with Gasteiger partial charge >= 0.3 is 5.97 Å². The SMILES string of the molecule is CN(CC1(C(=O)O)CC1)c1coc2ccccc12. The minimum absolute atomic E-state index is 0.534. The summed E-state index contributed by atoms with van der Waals surface area (Å²) in [7, 11) is 1.92. The maximum absolute atomic E-state index is 11.2. The van der Waals surface area contributed by atoms with Crippen LogP contribution in [-0.2, 0) is 4.79 Å². The second-order valence-corrected chi connectivity index (χ2v) is 5.06. The summed E-state index contributed by atoms with van der Waals surface area (Å²) in [5, 5.41) is 10.2. The van der Waals surface area contributed by atoms with E-state index in [0.717, 1.165) is 29.5 Å². The molecule has 4 heteroatoms. The maximum Gasteiger partial charge on any atom is 0.311 e. The van der Waals surface area contributed by atoms with Gasteiger partial charge < -0.3 is 14.4 Å². The van der Waals surface area contributed by atoms with E-state index in [1.165, 1.54) is 0 Å². The van der Waals surface area contributed by atoms with Crippen molar-refractivity contribution in [2.45, 2.75) is 12.8 Å². The summed E-state index contributed by atoms with van der Waals surface area (Å²) >= 11 is 0. The number of furan rings is 1. The number of carbonyl (C=O) groups is 1. The molecule has 1 fully saturated rings. The molecule has 0 spiro atoms. The summed E-state index contributed by atoms with van der Waals surface area (Å²) in [4.78, 5) is 13.2. The van der Waals surface area contributed by atoms with Crippen LogP contribution < -0.4 is 4.90 Å². The zero-order chi connectivity index (χ0) is 12.8. The number of hydrogen-bond donors (Lipinski definition) is 1. The van der Waals surface area contributed by atoms with Gasteiger partial charge in [-0.3, -0.25) is 4.79 Å². The standard InChI is InChI=1S/C14H15NO3/c1-15(9-14(6-7-14)13(16)17)11-8-18-12-5-3-2-4-10(11)12/h2-5,8H,6-7,9H2,1H3,(H,16,17). The van der Waals surface area contributed by atoms with Crippen LogP contribution in [0.15, 0.2) is 34.9 Å². The third-order valence-electron chi connectivity index (χ3n) is 3.72. The maximum atomic E-state index is 11.2. The number of benzene rings is 1. The Morgan fingerprint density at radius 1 is 1.44 bits per heavy atom. The summed E-state index contributed by atoms with van der Waals surface area (Å²) in [5.74, 6) is -0.692. The number of para-hydroxylation sites is 1. The number of aliphatic carboxylic acids is 1. The quantitative estimate of drug-likeness (QED) is 0.899. The van der Waals surface area contributed by atoms with Gasteiger partial charge in [-0.05, 0) is 25.0 Å². The summed E-state index contributed by atoms with van der Waals surface area (Å²) in [6.45, 7) is 0.534. The number of hydrogen-bond acceptors (Lipinski definition) is 3. The summed E-state index contributed by atoms with van der Waals surface area (Å²) in [6, 6.07) is 7.79. The fourth-order valence-electron chi connectivity index (χ4n) is 2.39. The molecule has 4 nitrogen and oxygen atoms in total. The first kappa shape index (κ1) is 11.1. The van der Waals surface area contributed by atoms with Crippen LogP contribution in [0.1, 0.15) is 12.8 Å². The van der Waals surface area contributed by atoms with Gasteiger partial charge in [0.1, 0.15) is 11.8 Å². The van der Waals surface area contributed by atoms with Crippen molar-refractivity contribution in [2.24, 2.45) is 5.41 Å². The highest BCUT2D eigenvalue weighted by Gasteiger charge is 2.51. The Balaban J connectivity index is 1.89. The van der Waals surface area contributed by atoms with E-state index in [1.807, 2.05) is 36.2 Å². The molecule has 1 aliphatic rings. The Morgan fingerprint density at radius 3 is 2.83 bits per heavy atom. The minimum Gasteiger partial charge on any atom is -0.481 e. The Labute approximate surface area is 105 Å². The number of nitrogens with zero attached hydrogens (tertiary/aromatic N) is 1. The van der Waals surface area contributed by atoms with Gasteiger partial charge in [-0.2, -0.15) is 0 Å². The van der Waals surface area contributed by atoms with Gasteiger partial charge in [-0.25, -0.2) is 0 Å². The second kappa shape index (κ2) is 3.77. The number of rotatable bonds is 4. The van der Waals surface area contributed by atoms with Crippen molar-refractivity contribution in [3.8, 4) is 0 Å². The van der Waals surface area contributed by atoms with Gasteiger partial charge in [0.05, 0.1) is 11.1 Å². The molecule has 1 aliphatic carbocycles. The van der Waals surface area contributed by atoms with Crippen molar-refractivity contribution in [1.29, 1.82) is 0 Å². The Morgan fingerprint density at radius 2 is 2.17 bits per heavy atom. The van der Waals surface area contributed by atoms with Crippen molar-refractivity contribution < 1.29 is 14.3 Å². The number of fused-ring (bicyclic) bond motifs is 1. The third kappa shape index (κ3) is 1.65. The Bertz CT molecular complexity index is 598. The summed E-state index contributed by atoms with van der Waals surface area (Å²) < 4.78 is 5.48. The highest BCUT2D eigenvalue weighted by molar-refractivity contribution is 5.91. The topological polar surface area (TPSA) is 53.7 Å². The van der Waals surface area contributed by atoms with Crippen molar-refractivity contribution in [2.75, 3.05) is 18.5 Å². The molecular formula is C14H15NO3. The number of carboxylic acid groups (broad SMARTS) is 1. The molecule has 0 atom stereocenters. The molecule has 1 aromatic heterocycles. The first-order valence-corrected chi connectivity index (χ1v) is 6.03. The van der Waals surface area contributed by atoms with Gasteiger partial charge in [0.2, 0.25) is 0 Å². The van der Waals surface area contributed by atoms with E-state index in [0.29, 0.717) is 6.54 Å². The molecule has 1 N–H and O–H groups in total. The van der Waals surface area contributed by atoms with Crippen molar-refractivity contribution in [3.05, 3.63) is 30.5 Å².